The van der Waals surface area contributed by atoms with Gasteiger partial charge in [-0.25, -0.2) is 18.0 Å². The van der Waals surface area contributed by atoms with Crippen LogP contribution in [0.15, 0.2) is 11.0 Å². The third-order valence-electron chi connectivity index (χ3n) is 4.43. The summed E-state index contributed by atoms with van der Waals surface area (Å²) in [7, 11) is 0. The highest BCUT2D eigenvalue weighted by atomic mass is 19.2. The van der Waals surface area contributed by atoms with Crippen LogP contribution in [-0.4, -0.2) is 34.8 Å². The Kier molecular flexibility index (Phi) is 4.19. The lowest BCUT2D eigenvalue weighted by Crippen LogP contribution is -2.29. The van der Waals surface area contributed by atoms with Crippen LogP contribution in [0.3, 0.4) is 0 Å². The lowest BCUT2D eigenvalue weighted by molar-refractivity contribution is 0.0695. The molecule has 1 aliphatic heterocycles. The third-order valence-corrected chi connectivity index (χ3v) is 4.43. The molecule has 0 amide bonds. The Morgan fingerprint density at radius 2 is 2.00 bits per heavy atom. The van der Waals surface area contributed by atoms with E-state index in [2.05, 4.69) is 0 Å². The number of hydrogen-bond acceptors (Lipinski definition) is 4. The number of anilines is 1. The molecule has 1 fully saturated rings. The molecule has 1 atom stereocenters. The Balaban J connectivity index is 2.43. The van der Waals surface area contributed by atoms with Crippen LogP contribution in [0.25, 0.3) is 10.9 Å². The maximum absolute atomic E-state index is 15.1. The van der Waals surface area contributed by atoms with E-state index in [0.29, 0.717) is 6.42 Å². The zero-order valence-corrected chi connectivity index (χ0v) is 13.4. The molecule has 0 aliphatic carbocycles. The minimum absolute atomic E-state index is 0.0675. The summed E-state index contributed by atoms with van der Waals surface area (Å²) in [5, 5.41) is 8.19. The number of carbonyl (C=O) groups is 1. The van der Waals surface area contributed by atoms with E-state index in [4.69, 9.17) is 10.8 Å². The summed E-state index contributed by atoms with van der Waals surface area (Å²) in [5.41, 5.74) is 2.71. The lowest BCUT2D eigenvalue weighted by Gasteiger charge is -2.22. The quantitative estimate of drug-likeness (QED) is 0.818. The van der Waals surface area contributed by atoms with Gasteiger partial charge in [0.2, 0.25) is 5.43 Å². The maximum atomic E-state index is 15.1. The first-order valence-corrected chi connectivity index (χ1v) is 7.75. The largest absolute Gasteiger partial charge is 0.477 e. The number of nitrogens with zero attached hydrogens (tertiary/aromatic N) is 2. The first-order chi connectivity index (χ1) is 11.8. The lowest BCUT2D eigenvalue weighted by atomic mass is 10.1. The van der Waals surface area contributed by atoms with Crippen molar-refractivity contribution in [2.24, 2.45) is 5.73 Å². The summed E-state index contributed by atoms with van der Waals surface area (Å²) in [5.74, 6) is -5.76. The van der Waals surface area contributed by atoms with E-state index in [-0.39, 0.29) is 25.7 Å². The molecule has 1 aromatic carbocycles. The molecule has 0 bridgehead atoms. The van der Waals surface area contributed by atoms with Gasteiger partial charge in [-0.1, -0.05) is 0 Å². The van der Waals surface area contributed by atoms with Crippen molar-refractivity contribution in [3.05, 3.63) is 39.4 Å². The van der Waals surface area contributed by atoms with Gasteiger partial charge >= 0.3 is 5.97 Å². The number of benzene rings is 1. The smallest absolute Gasteiger partial charge is 0.341 e. The fraction of sp³-hybridized carbons (Fsp3) is 0.375. The summed E-state index contributed by atoms with van der Waals surface area (Å²) in [6.45, 7) is 2.05. The van der Waals surface area contributed by atoms with Crippen LogP contribution in [0, 0.1) is 17.5 Å². The van der Waals surface area contributed by atoms with Crippen molar-refractivity contribution in [3.63, 3.8) is 0 Å². The zero-order chi connectivity index (χ0) is 18.5. The molecular weight excluding hydrogens is 339 g/mol. The first kappa shape index (κ1) is 17.3. The van der Waals surface area contributed by atoms with E-state index in [1.54, 1.807) is 6.92 Å². The van der Waals surface area contributed by atoms with Crippen LogP contribution >= 0.6 is 0 Å². The number of carboxylic acids is 1. The molecule has 9 heteroatoms. The van der Waals surface area contributed by atoms with Crippen LogP contribution < -0.4 is 16.1 Å². The molecule has 1 unspecified atom stereocenters. The topological polar surface area (TPSA) is 88.6 Å². The summed E-state index contributed by atoms with van der Waals surface area (Å²) in [6.07, 6.45) is 1.43. The molecule has 1 aliphatic rings. The fourth-order valence-corrected chi connectivity index (χ4v) is 3.20. The van der Waals surface area contributed by atoms with Crippen LogP contribution in [0.4, 0.5) is 18.9 Å². The van der Waals surface area contributed by atoms with E-state index in [0.717, 1.165) is 10.8 Å². The number of rotatable bonds is 3. The number of pyridine rings is 1. The molecule has 0 spiro atoms. The summed E-state index contributed by atoms with van der Waals surface area (Å²) in [6, 6.07) is -0.291. The highest BCUT2D eigenvalue weighted by Gasteiger charge is 2.31. The molecule has 0 saturated carbocycles. The molecule has 25 heavy (non-hydrogen) atoms. The van der Waals surface area contributed by atoms with Gasteiger partial charge < -0.3 is 20.3 Å². The summed E-state index contributed by atoms with van der Waals surface area (Å²) >= 11 is 0. The molecule has 0 radical (unpaired) electrons. The minimum Gasteiger partial charge on any atom is -0.477 e. The van der Waals surface area contributed by atoms with Crippen molar-refractivity contribution in [2.75, 3.05) is 18.0 Å². The average molecular weight is 355 g/mol. The van der Waals surface area contributed by atoms with Gasteiger partial charge in [-0.15, -0.1) is 0 Å². The Morgan fingerprint density at radius 1 is 1.32 bits per heavy atom. The van der Waals surface area contributed by atoms with E-state index < -0.39 is 51.0 Å². The highest BCUT2D eigenvalue weighted by molar-refractivity contribution is 5.94. The molecule has 2 aromatic rings. The second kappa shape index (κ2) is 6.07. The Hall–Kier alpha value is -2.55. The number of nitrogens with two attached hydrogens (primary N) is 1. The predicted molar refractivity (Wildman–Crippen MR) is 85.5 cm³/mol. The molecule has 3 rings (SSSR count). The number of aromatic carboxylic acids is 1. The van der Waals surface area contributed by atoms with Crippen molar-refractivity contribution >= 4 is 22.6 Å². The van der Waals surface area contributed by atoms with Gasteiger partial charge in [0, 0.05) is 31.9 Å². The second-order valence-corrected chi connectivity index (χ2v) is 5.97. The van der Waals surface area contributed by atoms with Gasteiger partial charge in [0.15, 0.2) is 17.5 Å². The standard InChI is InChI=1S/C16H16F3N3O3/c1-2-21-6-8(16(24)25)15(23)9-10(17)11(18)14(12(19)13(9)21)22-4-3-7(20)5-22/h6-7H,2-5,20H2,1H3,(H,24,25). The Bertz CT molecular complexity index is 942. The van der Waals surface area contributed by atoms with Gasteiger partial charge in [0.05, 0.1) is 10.9 Å². The molecule has 6 nitrogen and oxygen atoms in total. The normalized spacial score (nSPS) is 17.5. The molecular formula is C16H16F3N3O3. The molecule has 134 valence electrons. The minimum atomic E-state index is -1.59. The van der Waals surface area contributed by atoms with Gasteiger partial charge in [-0.3, -0.25) is 4.79 Å². The average Bonchev–Trinajstić information content (AvgIpc) is 2.98. The first-order valence-electron chi connectivity index (χ1n) is 7.75. The summed E-state index contributed by atoms with van der Waals surface area (Å²) in [4.78, 5) is 24.7. The van der Waals surface area contributed by atoms with Gasteiger partial charge in [0.25, 0.3) is 0 Å². The number of aryl methyl sites for hydroxylation is 1. The number of aromatic nitrogens is 1. The highest BCUT2D eigenvalue weighted by Crippen LogP contribution is 2.34. The van der Waals surface area contributed by atoms with Crippen molar-refractivity contribution in [1.29, 1.82) is 0 Å². The third kappa shape index (κ3) is 2.55. The molecule has 3 N–H and O–H groups in total. The monoisotopic (exact) mass is 355 g/mol. The van der Waals surface area contributed by atoms with Gasteiger partial charge in [-0.05, 0) is 13.3 Å². The molecule has 2 heterocycles. The van der Waals surface area contributed by atoms with Crippen molar-refractivity contribution in [1.82, 2.24) is 4.57 Å². The van der Waals surface area contributed by atoms with Crippen molar-refractivity contribution in [3.8, 4) is 0 Å². The zero-order valence-electron chi connectivity index (χ0n) is 13.4. The predicted octanol–water partition coefficient (Wildman–Crippen LogP) is 1.67. The van der Waals surface area contributed by atoms with Gasteiger partial charge in [0.1, 0.15) is 11.3 Å². The molecule has 1 saturated heterocycles. The number of halogens is 3. The van der Waals surface area contributed by atoms with Crippen molar-refractivity contribution < 1.29 is 23.1 Å². The fourth-order valence-electron chi connectivity index (χ4n) is 3.20. The second-order valence-electron chi connectivity index (χ2n) is 5.97. The van der Waals surface area contributed by atoms with E-state index in [1.165, 1.54) is 4.90 Å². The van der Waals surface area contributed by atoms with Crippen LogP contribution in [0.5, 0.6) is 0 Å². The van der Waals surface area contributed by atoms with Crippen LogP contribution in [-0.2, 0) is 6.54 Å². The van der Waals surface area contributed by atoms with Crippen molar-refractivity contribution in [2.45, 2.75) is 25.9 Å². The number of hydrogen-bond donors (Lipinski definition) is 2. The van der Waals surface area contributed by atoms with E-state index in [1.807, 2.05) is 0 Å². The number of fused-ring (bicyclic) bond motifs is 1. The van der Waals surface area contributed by atoms with E-state index in [9.17, 15) is 18.4 Å². The maximum Gasteiger partial charge on any atom is 0.341 e. The molecule has 1 aromatic heterocycles. The Morgan fingerprint density at radius 3 is 2.52 bits per heavy atom. The SMILES string of the molecule is CCn1cc(C(=O)O)c(=O)c2c(F)c(F)c(N3CCC(N)C3)c(F)c21. The van der Waals surface area contributed by atoms with E-state index >= 15 is 4.39 Å². The van der Waals surface area contributed by atoms with Crippen LogP contribution in [0.1, 0.15) is 23.7 Å². The number of carboxylic acid groups (broad SMARTS) is 1. The Labute approximate surface area is 140 Å². The van der Waals surface area contributed by atoms with Crippen LogP contribution in [0.2, 0.25) is 0 Å². The van der Waals surface area contributed by atoms with Gasteiger partial charge in [-0.2, -0.15) is 0 Å². The summed E-state index contributed by atoms with van der Waals surface area (Å²) < 4.78 is 45.3.